The van der Waals surface area contributed by atoms with Gasteiger partial charge in [-0.2, -0.15) is 0 Å². The Bertz CT molecular complexity index is 1200. The van der Waals surface area contributed by atoms with Gasteiger partial charge in [0.2, 0.25) is 5.96 Å². The lowest BCUT2D eigenvalue weighted by atomic mass is 10.0. The number of hydrogen-bond acceptors (Lipinski definition) is 6. The van der Waals surface area contributed by atoms with Crippen LogP contribution in [0.1, 0.15) is 35.9 Å². The van der Waals surface area contributed by atoms with Crippen molar-refractivity contribution in [3.63, 3.8) is 0 Å². The molecule has 4 heterocycles. The summed E-state index contributed by atoms with van der Waals surface area (Å²) >= 11 is 3.50. The van der Waals surface area contributed by atoms with Gasteiger partial charge in [0.05, 0.1) is 31.4 Å². The highest BCUT2D eigenvalue weighted by atomic mass is 79.9. The van der Waals surface area contributed by atoms with Gasteiger partial charge in [-0.05, 0) is 41.4 Å². The minimum absolute atomic E-state index is 0.134. The van der Waals surface area contributed by atoms with Crippen LogP contribution in [-0.4, -0.2) is 63.7 Å². The standard InChI is InChI=1S/C22H22BrN7O/c1-4-5-11-28-18-19(26-21(28)23)29-12-10-24-22(29)30(20(18)31)13-17-25-16-9-7-6-8-15(16)14(2)27(17)3/h6-9,14H,10-13H2,1-3H3. The Morgan fingerprint density at radius 1 is 1.29 bits per heavy atom. The Labute approximate surface area is 189 Å². The van der Waals surface area contributed by atoms with Crippen molar-refractivity contribution in [3.05, 3.63) is 40.3 Å². The summed E-state index contributed by atoms with van der Waals surface area (Å²) < 4.78 is 2.41. The Morgan fingerprint density at radius 3 is 2.90 bits per heavy atom. The Morgan fingerprint density at radius 2 is 2.10 bits per heavy atom. The predicted octanol–water partition coefficient (Wildman–Crippen LogP) is 3.04. The fraction of sp³-hybridized carbons (Fsp3) is 0.364. The molecule has 0 fully saturated rings. The molecule has 3 aliphatic rings. The smallest absolute Gasteiger partial charge is 0.281 e. The second-order valence-electron chi connectivity index (χ2n) is 7.66. The number of nitrogens with zero attached hydrogens (tertiary/aromatic N) is 7. The van der Waals surface area contributed by atoms with Gasteiger partial charge in [0, 0.05) is 13.6 Å². The Hall–Kier alpha value is -3.12. The van der Waals surface area contributed by atoms with Gasteiger partial charge in [-0.25, -0.2) is 9.98 Å². The van der Waals surface area contributed by atoms with Gasteiger partial charge >= 0.3 is 0 Å². The number of guanidine groups is 1. The van der Waals surface area contributed by atoms with Crippen molar-refractivity contribution in [1.29, 1.82) is 0 Å². The van der Waals surface area contributed by atoms with Crippen LogP contribution in [0.5, 0.6) is 0 Å². The van der Waals surface area contributed by atoms with Crippen LogP contribution in [0, 0.1) is 11.8 Å². The van der Waals surface area contributed by atoms with Crippen LogP contribution in [-0.2, 0) is 6.54 Å². The molecule has 1 aromatic heterocycles. The van der Waals surface area contributed by atoms with Crippen LogP contribution in [0.3, 0.4) is 0 Å². The van der Waals surface area contributed by atoms with Crippen LogP contribution in [0.25, 0.3) is 0 Å². The number of hydrogen-bond donors (Lipinski definition) is 0. The maximum Gasteiger partial charge on any atom is 0.281 e. The van der Waals surface area contributed by atoms with Gasteiger partial charge in [-0.3, -0.25) is 19.6 Å². The summed E-state index contributed by atoms with van der Waals surface area (Å²) in [6.07, 6.45) is 0. The number of fused-ring (bicyclic) bond motifs is 4. The fourth-order valence-corrected chi connectivity index (χ4v) is 4.70. The van der Waals surface area contributed by atoms with Crippen LogP contribution in [0.2, 0.25) is 0 Å². The minimum atomic E-state index is -0.134. The van der Waals surface area contributed by atoms with E-state index in [-0.39, 0.29) is 11.9 Å². The molecule has 0 spiro atoms. The zero-order valence-corrected chi connectivity index (χ0v) is 19.2. The molecule has 0 bridgehead atoms. The molecule has 0 saturated carbocycles. The first-order valence-electron chi connectivity index (χ1n) is 10.2. The first kappa shape index (κ1) is 19.8. The number of amidine groups is 1. The molecule has 31 heavy (non-hydrogen) atoms. The van der Waals surface area contributed by atoms with E-state index in [1.165, 1.54) is 5.56 Å². The zero-order valence-electron chi connectivity index (χ0n) is 17.6. The van der Waals surface area contributed by atoms with Crippen molar-refractivity contribution in [2.45, 2.75) is 26.4 Å². The highest BCUT2D eigenvalue weighted by Crippen LogP contribution is 2.36. The molecule has 9 heteroatoms. The number of carbonyl (C=O) groups is 1. The molecule has 3 aliphatic heterocycles. The first-order chi connectivity index (χ1) is 15.0. The number of halogens is 1. The third-order valence-corrected chi connectivity index (χ3v) is 6.61. The van der Waals surface area contributed by atoms with Crippen molar-refractivity contribution in [3.8, 4) is 11.8 Å². The number of rotatable bonds is 3. The van der Waals surface area contributed by atoms with Gasteiger partial charge in [-0.15, -0.1) is 5.92 Å². The lowest BCUT2D eigenvalue weighted by Gasteiger charge is -2.38. The van der Waals surface area contributed by atoms with Crippen LogP contribution < -0.4 is 4.90 Å². The van der Waals surface area contributed by atoms with E-state index in [4.69, 9.17) is 4.99 Å². The summed E-state index contributed by atoms with van der Waals surface area (Å²) in [4.78, 5) is 33.6. The molecule has 8 nitrogen and oxygen atoms in total. The van der Waals surface area contributed by atoms with Crippen molar-refractivity contribution < 1.29 is 4.79 Å². The van der Waals surface area contributed by atoms with E-state index in [2.05, 4.69) is 55.6 Å². The van der Waals surface area contributed by atoms with Gasteiger partial charge in [-0.1, -0.05) is 24.1 Å². The summed E-state index contributed by atoms with van der Waals surface area (Å²) in [5, 5.41) is 0. The molecular formula is C22H22BrN7O. The summed E-state index contributed by atoms with van der Waals surface area (Å²) in [5.74, 6) is 7.90. The molecule has 1 atom stereocenters. The van der Waals surface area contributed by atoms with Crippen molar-refractivity contribution in [1.82, 2.24) is 19.4 Å². The Kier molecular flexibility index (Phi) is 4.82. The minimum Gasteiger partial charge on any atom is -0.355 e. The molecule has 0 aliphatic carbocycles. The fourth-order valence-electron chi connectivity index (χ4n) is 4.22. The van der Waals surface area contributed by atoms with E-state index < -0.39 is 0 Å². The molecule has 1 amide bonds. The maximum atomic E-state index is 13.7. The number of para-hydroxylation sites is 1. The Balaban J connectivity index is 1.56. The van der Waals surface area contributed by atoms with E-state index in [1.807, 2.05) is 34.7 Å². The van der Waals surface area contributed by atoms with Crippen LogP contribution in [0.4, 0.5) is 11.5 Å². The summed E-state index contributed by atoms with van der Waals surface area (Å²) in [7, 11) is 2.02. The number of likely N-dealkylation sites (N-methyl/N-ethyl adjacent to an activating group) is 1. The molecule has 2 aromatic rings. The number of imidazole rings is 1. The number of anilines is 1. The molecule has 1 unspecified atom stereocenters. The quantitative estimate of drug-likeness (QED) is 0.634. The predicted molar refractivity (Wildman–Crippen MR) is 124 cm³/mol. The summed E-state index contributed by atoms with van der Waals surface area (Å²) in [5.41, 5.74) is 2.66. The molecule has 1 aromatic carbocycles. The topological polar surface area (TPSA) is 69.3 Å². The van der Waals surface area contributed by atoms with Gasteiger partial charge < -0.3 is 9.47 Å². The third kappa shape index (κ3) is 3.05. The van der Waals surface area contributed by atoms with E-state index in [1.54, 1.807) is 11.8 Å². The number of carbonyl (C=O) groups excluding carboxylic acids is 1. The monoisotopic (exact) mass is 479 g/mol. The largest absolute Gasteiger partial charge is 0.355 e. The van der Waals surface area contributed by atoms with Gasteiger partial charge in [0.1, 0.15) is 5.84 Å². The highest BCUT2D eigenvalue weighted by Gasteiger charge is 2.42. The molecule has 0 saturated heterocycles. The molecule has 0 N–H and O–H groups in total. The van der Waals surface area contributed by atoms with Gasteiger partial charge in [0.25, 0.3) is 5.91 Å². The average molecular weight is 480 g/mol. The van der Waals surface area contributed by atoms with E-state index in [9.17, 15) is 4.79 Å². The highest BCUT2D eigenvalue weighted by molar-refractivity contribution is 9.10. The average Bonchev–Trinajstić information content (AvgIpc) is 3.37. The van der Waals surface area contributed by atoms with E-state index in [0.29, 0.717) is 48.4 Å². The number of aromatic nitrogens is 2. The number of aliphatic imine (C=N–C) groups is 2. The van der Waals surface area contributed by atoms with Crippen molar-refractivity contribution >= 4 is 45.1 Å². The van der Waals surface area contributed by atoms with E-state index in [0.717, 1.165) is 11.5 Å². The molecular weight excluding hydrogens is 458 g/mol. The molecule has 0 radical (unpaired) electrons. The number of benzene rings is 1. The third-order valence-electron chi connectivity index (χ3n) is 6.00. The lowest BCUT2D eigenvalue weighted by molar-refractivity contribution is 0.0842. The van der Waals surface area contributed by atoms with E-state index >= 15 is 0 Å². The lowest BCUT2D eigenvalue weighted by Crippen LogP contribution is -2.54. The second kappa shape index (κ2) is 7.54. The van der Waals surface area contributed by atoms with Crippen molar-refractivity contribution in [2.24, 2.45) is 9.98 Å². The van der Waals surface area contributed by atoms with Crippen LogP contribution >= 0.6 is 15.9 Å². The second-order valence-corrected chi connectivity index (χ2v) is 8.37. The summed E-state index contributed by atoms with van der Waals surface area (Å²) in [6, 6.07) is 8.31. The zero-order chi connectivity index (χ0) is 21.7. The van der Waals surface area contributed by atoms with Gasteiger partial charge in [0.15, 0.2) is 16.2 Å². The normalized spacial score (nSPS) is 19.3. The van der Waals surface area contributed by atoms with Crippen LogP contribution in [0.15, 0.2) is 39.0 Å². The molecule has 5 rings (SSSR count). The summed E-state index contributed by atoms with van der Waals surface area (Å²) in [6.45, 7) is 5.98. The number of amides is 1. The SMILES string of the molecule is CC#CCn1c(Br)nc2c1C(=O)N(CC1=Nc3ccccc3C(C)N1C)C1=NCCN12. The van der Waals surface area contributed by atoms with Crippen molar-refractivity contribution in [2.75, 3.05) is 31.6 Å². The maximum absolute atomic E-state index is 13.7. The first-order valence-corrected chi connectivity index (χ1v) is 11.0. The molecule has 158 valence electrons.